The van der Waals surface area contributed by atoms with Gasteiger partial charge in [0.05, 0.1) is 6.61 Å². The van der Waals surface area contributed by atoms with Crippen LogP contribution in [0.1, 0.15) is 42.7 Å². The van der Waals surface area contributed by atoms with E-state index >= 15 is 0 Å². The number of aliphatic hydroxyl groups excluding tert-OH is 1. The lowest BCUT2D eigenvalue weighted by Crippen LogP contribution is -2.45. The van der Waals surface area contributed by atoms with Crippen molar-refractivity contribution in [3.8, 4) is 0 Å². The molecule has 1 aromatic heterocycles. The van der Waals surface area contributed by atoms with Crippen LogP contribution in [0.2, 0.25) is 0 Å². The predicted molar refractivity (Wildman–Crippen MR) is 59.3 cm³/mol. The number of amides is 1. The second-order valence-electron chi connectivity index (χ2n) is 4.87. The van der Waals surface area contributed by atoms with Crippen molar-refractivity contribution in [2.24, 2.45) is 5.41 Å². The molecule has 0 aliphatic heterocycles. The Kier molecular flexibility index (Phi) is 3.15. The average molecular weight is 239 g/mol. The molecule has 2 N–H and O–H groups in total. The highest BCUT2D eigenvalue weighted by atomic mass is 16.5. The maximum Gasteiger partial charge on any atom is 0.292 e. The van der Waals surface area contributed by atoms with Crippen LogP contribution in [0.25, 0.3) is 0 Å². The normalized spacial score (nSPS) is 28.3. The van der Waals surface area contributed by atoms with Gasteiger partial charge in [-0.1, -0.05) is 18.5 Å². The van der Waals surface area contributed by atoms with Gasteiger partial charge in [0.2, 0.25) is 5.89 Å². The first-order valence-electron chi connectivity index (χ1n) is 5.77. The topological polar surface area (TPSA) is 88.2 Å². The average Bonchev–Trinajstić information content (AvgIpc) is 2.87. The number of hydrogen-bond acceptors (Lipinski definition) is 5. The summed E-state index contributed by atoms with van der Waals surface area (Å²) < 4.78 is 4.76. The molecule has 0 bridgehead atoms. The van der Waals surface area contributed by atoms with E-state index in [1.807, 2.05) is 6.92 Å². The van der Waals surface area contributed by atoms with Gasteiger partial charge in [0.1, 0.15) is 0 Å². The van der Waals surface area contributed by atoms with Crippen molar-refractivity contribution < 1.29 is 14.4 Å². The number of aryl methyl sites for hydroxylation is 1. The molecule has 0 spiro atoms. The fourth-order valence-electron chi connectivity index (χ4n) is 2.28. The van der Waals surface area contributed by atoms with E-state index in [4.69, 9.17) is 4.52 Å². The van der Waals surface area contributed by atoms with Gasteiger partial charge in [-0.25, -0.2) is 0 Å². The third kappa shape index (κ3) is 2.31. The van der Waals surface area contributed by atoms with Gasteiger partial charge >= 0.3 is 0 Å². The SMILES string of the molecule is Cc1nc(C(=O)NC2CCCC2(C)CO)no1. The Morgan fingerprint density at radius 2 is 2.47 bits per heavy atom. The fourth-order valence-corrected chi connectivity index (χ4v) is 2.28. The summed E-state index contributed by atoms with van der Waals surface area (Å²) >= 11 is 0. The molecule has 1 amide bonds. The van der Waals surface area contributed by atoms with Crippen molar-refractivity contribution in [2.45, 2.75) is 39.2 Å². The fraction of sp³-hybridized carbons (Fsp3) is 0.727. The van der Waals surface area contributed by atoms with E-state index in [1.165, 1.54) is 0 Å². The highest BCUT2D eigenvalue weighted by molar-refractivity contribution is 5.90. The van der Waals surface area contributed by atoms with Gasteiger partial charge in [-0.05, 0) is 12.8 Å². The zero-order valence-corrected chi connectivity index (χ0v) is 10.1. The number of nitrogens with one attached hydrogen (secondary N) is 1. The molecule has 1 aromatic rings. The van der Waals surface area contributed by atoms with Gasteiger partial charge in [-0.3, -0.25) is 4.79 Å². The van der Waals surface area contributed by atoms with Crippen molar-refractivity contribution >= 4 is 5.91 Å². The Morgan fingerprint density at radius 1 is 1.71 bits per heavy atom. The van der Waals surface area contributed by atoms with Crippen LogP contribution in [-0.2, 0) is 0 Å². The molecule has 1 fully saturated rings. The van der Waals surface area contributed by atoms with Gasteiger partial charge in [0, 0.05) is 18.4 Å². The minimum Gasteiger partial charge on any atom is -0.396 e. The Labute approximate surface area is 99.4 Å². The van der Waals surface area contributed by atoms with E-state index in [0.29, 0.717) is 5.89 Å². The summed E-state index contributed by atoms with van der Waals surface area (Å²) in [4.78, 5) is 15.7. The summed E-state index contributed by atoms with van der Waals surface area (Å²) in [7, 11) is 0. The monoisotopic (exact) mass is 239 g/mol. The van der Waals surface area contributed by atoms with Crippen LogP contribution in [0.15, 0.2) is 4.52 Å². The molecule has 94 valence electrons. The van der Waals surface area contributed by atoms with Gasteiger partial charge in [-0.15, -0.1) is 0 Å². The molecule has 17 heavy (non-hydrogen) atoms. The molecular weight excluding hydrogens is 222 g/mol. The number of carbonyl (C=O) groups is 1. The van der Waals surface area contributed by atoms with E-state index < -0.39 is 0 Å². The molecule has 1 saturated carbocycles. The zero-order valence-electron chi connectivity index (χ0n) is 10.1. The quantitative estimate of drug-likeness (QED) is 0.808. The number of carbonyl (C=O) groups excluding carboxylic acids is 1. The van der Waals surface area contributed by atoms with Crippen LogP contribution >= 0.6 is 0 Å². The van der Waals surface area contributed by atoms with Crippen molar-refractivity contribution in [1.29, 1.82) is 0 Å². The number of aromatic nitrogens is 2. The largest absolute Gasteiger partial charge is 0.396 e. The molecule has 6 heteroatoms. The van der Waals surface area contributed by atoms with E-state index in [9.17, 15) is 9.90 Å². The van der Waals surface area contributed by atoms with Crippen LogP contribution in [0.3, 0.4) is 0 Å². The second kappa shape index (κ2) is 4.44. The summed E-state index contributed by atoms with van der Waals surface area (Å²) in [5.74, 6) is 0.0783. The molecule has 1 heterocycles. The maximum absolute atomic E-state index is 11.8. The minimum atomic E-state index is -0.339. The van der Waals surface area contributed by atoms with E-state index in [0.717, 1.165) is 19.3 Å². The first-order valence-corrected chi connectivity index (χ1v) is 5.77. The molecular formula is C11H17N3O3. The summed E-state index contributed by atoms with van der Waals surface area (Å²) in [6.45, 7) is 3.69. The summed E-state index contributed by atoms with van der Waals surface area (Å²) in [5.41, 5.74) is -0.242. The van der Waals surface area contributed by atoms with E-state index in [-0.39, 0.29) is 29.8 Å². The number of rotatable bonds is 3. The van der Waals surface area contributed by atoms with Crippen LogP contribution in [0, 0.1) is 12.3 Å². The Hall–Kier alpha value is -1.43. The summed E-state index contributed by atoms with van der Waals surface area (Å²) in [6, 6.07) is -0.0289. The van der Waals surface area contributed by atoms with Crippen molar-refractivity contribution in [3.63, 3.8) is 0 Å². The number of hydrogen-bond donors (Lipinski definition) is 2. The van der Waals surface area contributed by atoms with E-state index in [1.54, 1.807) is 6.92 Å². The van der Waals surface area contributed by atoms with Gasteiger partial charge in [0.25, 0.3) is 11.7 Å². The molecule has 2 atom stereocenters. The minimum absolute atomic E-state index is 0.0289. The number of nitrogens with zero attached hydrogens (tertiary/aromatic N) is 2. The van der Waals surface area contributed by atoms with E-state index in [2.05, 4.69) is 15.5 Å². The third-order valence-corrected chi connectivity index (χ3v) is 3.48. The third-order valence-electron chi connectivity index (χ3n) is 3.48. The lowest BCUT2D eigenvalue weighted by atomic mass is 9.86. The molecule has 0 radical (unpaired) electrons. The summed E-state index contributed by atoms with van der Waals surface area (Å²) in [5, 5.41) is 15.8. The van der Waals surface area contributed by atoms with Crippen LogP contribution in [-0.4, -0.2) is 33.8 Å². The van der Waals surface area contributed by atoms with Gasteiger partial charge in [-0.2, -0.15) is 4.98 Å². The smallest absolute Gasteiger partial charge is 0.292 e. The number of aliphatic hydroxyl groups is 1. The predicted octanol–water partition coefficient (Wildman–Crippen LogP) is 0.659. The summed E-state index contributed by atoms with van der Waals surface area (Å²) in [6.07, 6.45) is 2.80. The highest BCUT2D eigenvalue weighted by Gasteiger charge is 2.39. The van der Waals surface area contributed by atoms with Gasteiger partial charge in [0.15, 0.2) is 0 Å². The van der Waals surface area contributed by atoms with Crippen molar-refractivity contribution in [1.82, 2.24) is 15.5 Å². The Balaban J connectivity index is 2.04. The highest BCUT2D eigenvalue weighted by Crippen LogP contribution is 2.37. The van der Waals surface area contributed by atoms with Crippen LogP contribution < -0.4 is 5.32 Å². The Bertz CT molecular complexity index is 418. The standard InChI is InChI=1S/C11H17N3O3/c1-7-12-9(14-17-7)10(16)13-8-4-3-5-11(8,2)6-15/h8,15H,3-6H2,1-2H3,(H,13,16). The van der Waals surface area contributed by atoms with Crippen molar-refractivity contribution in [2.75, 3.05) is 6.61 Å². The van der Waals surface area contributed by atoms with Gasteiger partial charge < -0.3 is 14.9 Å². The van der Waals surface area contributed by atoms with Crippen LogP contribution in [0.5, 0.6) is 0 Å². The molecule has 0 saturated heterocycles. The first kappa shape index (κ1) is 12.0. The van der Waals surface area contributed by atoms with Crippen LogP contribution in [0.4, 0.5) is 0 Å². The molecule has 0 aromatic carbocycles. The lowest BCUT2D eigenvalue weighted by molar-refractivity contribution is 0.0818. The first-order chi connectivity index (χ1) is 8.05. The zero-order chi connectivity index (χ0) is 12.5. The molecule has 2 rings (SSSR count). The lowest BCUT2D eigenvalue weighted by Gasteiger charge is -2.29. The molecule has 6 nitrogen and oxygen atoms in total. The maximum atomic E-state index is 11.8. The second-order valence-corrected chi connectivity index (χ2v) is 4.87. The molecule has 1 aliphatic carbocycles. The Morgan fingerprint density at radius 3 is 3.06 bits per heavy atom. The van der Waals surface area contributed by atoms with Crippen molar-refractivity contribution in [3.05, 3.63) is 11.7 Å². The molecule has 2 unspecified atom stereocenters. The molecule has 1 aliphatic rings.